The maximum atomic E-state index is 13.0. The highest BCUT2D eigenvalue weighted by atomic mass is 19.2. The molecule has 5 heteroatoms. The molecule has 0 unspecified atom stereocenters. The van der Waals surface area contributed by atoms with Gasteiger partial charge in [0, 0.05) is 6.07 Å². The predicted octanol–water partition coefficient (Wildman–Crippen LogP) is 3.28. The fraction of sp³-hybridized carbons (Fsp3) is 0.400. The van der Waals surface area contributed by atoms with E-state index in [1.807, 2.05) is 0 Å². The molecule has 0 radical (unpaired) electrons. The Morgan fingerprint density at radius 1 is 1.07 bits per heavy atom. The summed E-state index contributed by atoms with van der Waals surface area (Å²) in [6.45, 7) is 3.67. The minimum absolute atomic E-state index is 0.0700. The fourth-order valence-corrected chi connectivity index (χ4v) is 0.913. The van der Waals surface area contributed by atoms with E-state index in [1.165, 1.54) is 0 Å². The van der Waals surface area contributed by atoms with E-state index >= 15 is 0 Å². The molecule has 0 aliphatic carbocycles. The molecule has 0 saturated heterocycles. The number of hydrogen-bond donors (Lipinski definition) is 0. The molecule has 0 bridgehead atoms. The van der Waals surface area contributed by atoms with Crippen LogP contribution in [0.2, 0.25) is 0 Å². The smallest absolute Gasteiger partial charge is 0.203 e. The Bertz CT molecular complexity index is 363. The maximum Gasteiger partial charge on any atom is 0.203 e. The van der Waals surface area contributed by atoms with Crippen molar-refractivity contribution in [2.24, 2.45) is 5.92 Å². The SMILES string of the molecule is CC(C)COc1cc(F)c(F)c(F)c1F. The summed E-state index contributed by atoms with van der Waals surface area (Å²) >= 11 is 0. The summed E-state index contributed by atoms with van der Waals surface area (Å²) in [7, 11) is 0. The maximum absolute atomic E-state index is 13.0. The quantitative estimate of drug-likeness (QED) is 0.433. The average molecular weight is 222 g/mol. The minimum Gasteiger partial charge on any atom is -0.490 e. The Balaban J connectivity index is 2.99. The fourth-order valence-electron chi connectivity index (χ4n) is 0.913. The van der Waals surface area contributed by atoms with Gasteiger partial charge in [0.15, 0.2) is 17.4 Å². The third-order valence-electron chi connectivity index (χ3n) is 1.64. The lowest BCUT2D eigenvalue weighted by molar-refractivity contribution is 0.250. The second kappa shape index (κ2) is 4.51. The van der Waals surface area contributed by atoms with Gasteiger partial charge in [-0.2, -0.15) is 4.39 Å². The van der Waals surface area contributed by atoms with Gasteiger partial charge in [-0.05, 0) is 5.92 Å². The molecule has 0 aromatic heterocycles. The van der Waals surface area contributed by atoms with Crippen LogP contribution in [0.3, 0.4) is 0 Å². The van der Waals surface area contributed by atoms with Crippen molar-refractivity contribution in [1.82, 2.24) is 0 Å². The van der Waals surface area contributed by atoms with Crippen LogP contribution in [0.5, 0.6) is 5.75 Å². The molecular formula is C10H10F4O. The van der Waals surface area contributed by atoms with Crippen molar-refractivity contribution in [3.8, 4) is 5.75 Å². The zero-order valence-corrected chi connectivity index (χ0v) is 8.28. The van der Waals surface area contributed by atoms with Crippen molar-refractivity contribution in [3.05, 3.63) is 29.3 Å². The Morgan fingerprint density at radius 3 is 2.20 bits per heavy atom. The van der Waals surface area contributed by atoms with E-state index < -0.39 is 29.0 Å². The van der Waals surface area contributed by atoms with Crippen LogP contribution in [0.4, 0.5) is 17.6 Å². The molecule has 0 saturated carbocycles. The summed E-state index contributed by atoms with van der Waals surface area (Å²) in [5.41, 5.74) is 0. The van der Waals surface area contributed by atoms with Crippen LogP contribution in [-0.2, 0) is 0 Å². The molecule has 0 fully saturated rings. The summed E-state index contributed by atoms with van der Waals surface area (Å²) in [5, 5.41) is 0. The van der Waals surface area contributed by atoms with Crippen LogP contribution in [0, 0.1) is 29.2 Å². The van der Waals surface area contributed by atoms with Crippen molar-refractivity contribution >= 4 is 0 Å². The zero-order valence-electron chi connectivity index (χ0n) is 8.28. The standard InChI is InChI=1S/C10H10F4O/c1-5(2)4-15-7-3-6(11)8(12)10(14)9(7)13/h3,5H,4H2,1-2H3. The van der Waals surface area contributed by atoms with Gasteiger partial charge in [-0.3, -0.25) is 0 Å². The molecule has 84 valence electrons. The van der Waals surface area contributed by atoms with E-state index in [4.69, 9.17) is 4.74 Å². The summed E-state index contributed by atoms with van der Waals surface area (Å²) in [6, 6.07) is 0.496. The lowest BCUT2D eigenvalue weighted by Crippen LogP contribution is -2.08. The highest BCUT2D eigenvalue weighted by Gasteiger charge is 2.19. The van der Waals surface area contributed by atoms with Crippen LogP contribution in [0.15, 0.2) is 6.07 Å². The van der Waals surface area contributed by atoms with Crippen molar-refractivity contribution in [2.45, 2.75) is 13.8 Å². The molecule has 1 aromatic carbocycles. The third kappa shape index (κ3) is 2.61. The normalized spacial score (nSPS) is 10.9. The van der Waals surface area contributed by atoms with Crippen LogP contribution >= 0.6 is 0 Å². The lowest BCUT2D eigenvalue weighted by atomic mass is 10.2. The first kappa shape index (κ1) is 11.8. The molecule has 1 rings (SSSR count). The molecule has 1 aromatic rings. The molecule has 0 N–H and O–H groups in total. The first-order chi connectivity index (χ1) is 6.93. The van der Waals surface area contributed by atoms with Gasteiger partial charge in [0.05, 0.1) is 6.61 Å². The van der Waals surface area contributed by atoms with E-state index in [-0.39, 0.29) is 12.5 Å². The van der Waals surface area contributed by atoms with E-state index in [9.17, 15) is 17.6 Å². The Morgan fingerprint density at radius 2 is 1.67 bits per heavy atom. The van der Waals surface area contributed by atoms with E-state index in [0.29, 0.717) is 6.07 Å². The van der Waals surface area contributed by atoms with E-state index in [2.05, 4.69) is 0 Å². The van der Waals surface area contributed by atoms with Gasteiger partial charge < -0.3 is 4.74 Å². The summed E-state index contributed by atoms with van der Waals surface area (Å²) in [5.74, 6) is -7.19. The third-order valence-corrected chi connectivity index (χ3v) is 1.64. The number of benzene rings is 1. The second-order valence-corrected chi connectivity index (χ2v) is 3.50. The molecular weight excluding hydrogens is 212 g/mol. The van der Waals surface area contributed by atoms with Gasteiger partial charge in [-0.25, -0.2) is 13.2 Å². The Kier molecular flexibility index (Phi) is 3.55. The average Bonchev–Trinajstić information content (AvgIpc) is 2.18. The molecule has 0 aliphatic heterocycles. The highest BCUT2D eigenvalue weighted by molar-refractivity contribution is 5.27. The minimum atomic E-state index is -1.85. The molecule has 1 nitrogen and oxygen atoms in total. The summed E-state index contributed by atoms with van der Waals surface area (Å²) in [6.07, 6.45) is 0. The van der Waals surface area contributed by atoms with Gasteiger partial charge >= 0.3 is 0 Å². The second-order valence-electron chi connectivity index (χ2n) is 3.50. The van der Waals surface area contributed by atoms with Crippen molar-refractivity contribution in [1.29, 1.82) is 0 Å². The van der Waals surface area contributed by atoms with Gasteiger partial charge in [-0.1, -0.05) is 13.8 Å². The Labute approximate surface area is 84.7 Å². The molecule has 0 atom stereocenters. The van der Waals surface area contributed by atoms with Crippen LogP contribution in [0.25, 0.3) is 0 Å². The largest absolute Gasteiger partial charge is 0.490 e. The number of ether oxygens (including phenoxy) is 1. The van der Waals surface area contributed by atoms with Crippen molar-refractivity contribution < 1.29 is 22.3 Å². The molecule has 0 amide bonds. The molecule has 0 heterocycles. The zero-order chi connectivity index (χ0) is 11.6. The van der Waals surface area contributed by atoms with E-state index in [1.54, 1.807) is 13.8 Å². The Hall–Kier alpha value is -1.26. The summed E-state index contributed by atoms with van der Waals surface area (Å²) < 4.78 is 55.7. The number of rotatable bonds is 3. The van der Waals surface area contributed by atoms with Gasteiger partial charge in [-0.15, -0.1) is 0 Å². The predicted molar refractivity (Wildman–Crippen MR) is 46.6 cm³/mol. The lowest BCUT2D eigenvalue weighted by Gasteiger charge is -2.10. The van der Waals surface area contributed by atoms with Crippen LogP contribution in [-0.4, -0.2) is 6.61 Å². The molecule has 0 spiro atoms. The van der Waals surface area contributed by atoms with Crippen molar-refractivity contribution in [3.63, 3.8) is 0 Å². The van der Waals surface area contributed by atoms with Gasteiger partial charge in [0.25, 0.3) is 0 Å². The monoisotopic (exact) mass is 222 g/mol. The van der Waals surface area contributed by atoms with Gasteiger partial charge in [0.2, 0.25) is 11.6 Å². The molecule has 15 heavy (non-hydrogen) atoms. The molecule has 0 aliphatic rings. The number of hydrogen-bond acceptors (Lipinski definition) is 1. The number of halogens is 4. The van der Waals surface area contributed by atoms with Gasteiger partial charge in [0.1, 0.15) is 0 Å². The van der Waals surface area contributed by atoms with Crippen LogP contribution < -0.4 is 4.74 Å². The first-order valence-electron chi connectivity index (χ1n) is 4.39. The highest BCUT2D eigenvalue weighted by Crippen LogP contribution is 2.24. The van der Waals surface area contributed by atoms with E-state index in [0.717, 1.165) is 0 Å². The van der Waals surface area contributed by atoms with Crippen molar-refractivity contribution in [2.75, 3.05) is 6.61 Å². The summed E-state index contributed by atoms with van der Waals surface area (Å²) in [4.78, 5) is 0. The first-order valence-corrected chi connectivity index (χ1v) is 4.39. The topological polar surface area (TPSA) is 9.23 Å². The van der Waals surface area contributed by atoms with Crippen LogP contribution in [0.1, 0.15) is 13.8 Å².